The molecule has 0 aliphatic rings. The predicted octanol–water partition coefficient (Wildman–Crippen LogP) is 3.99. The number of nitro groups is 2. The smallest absolute Gasteiger partial charge is 0.269 e. The van der Waals surface area contributed by atoms with Crippen molar-refractivity contribution in [1.29, 1.82) is 0 Å². The van der Waals surface area contributed by atoms with Gasteiger partial charge in [-0.15, -0.1) is 10.2 Å². The van der Waals surface area contributed by atoms with Crippen molar-refractivity contribution in [3.63, 3.8) is 0 Å². The summed E-state index contributed by atoms with van der Waals surface area (Å²) in [6.07, 6.45) is 0. The van der Waals surface area contributed by atoms with Crippen molar-refractivity contribution in [2.45, 2.75) is 24.3 Å². The Hall–Kier alpha value is -3.47. The molecule has 30 heavy (non-hydrogen) atoms. The van der Waals surface area contributed by atoms with Gasteiger partial charge in [-0.3, -0.25) is 24.8 Å². The fourth-order valence-electron chi connectivity index (χ4n) is 2.89. The Labute approximate surface area is 176 Å². The molecule has 0 bridgehead atoms. The summed E-state index contributed by atoms with van der Waals surface area (Å²) in [6.45, 7) is 3.82. The molecule has 0 amide bonds. The third-order valence-electron chi connectivity index (χ3n) is 4.22. The number of benzene rings is 2. The van der Waals surface area contributed by atoms with Gasteiger partial charge < -0.3 is 4.74 Å². The number of hydrogen-bond acceptors (Lipinski definition) is 8. The molecule has 156 valence electrons. The summed E-state index contributed by atoms with van der Waals surface area (Å²) in [6, 6.07) is 13.2. The van der Waals surface area contributed by atoms with Gasteiger partial charge in [0.15, 0.2) is 5.16 Å². The Bertz CT molecular complexity index is 1050. The van der Waals surface area contributed by atoms with E-state index in [1.807, 2.05) is 31.2 Å². The number of rotatable bonds is 9. The van der Waals surface area contributed by atoms with Gasteiger partial charge in [-0.25, -0.2) is 0 Å². The van der Waals surface area contributed by atoms with Gasteiger partial charge in [0.1, 0.15) is 16.8 Å². The van der Waals surface area contributed by atoms with Crippen LogP contribution in [0.2, 0.25) is 0 Å². The van der Waals surface area contributed by atoms with Crippen LogP contribution in [0.4, 0.5) is 5.69 Å². The van der Waals surface area contributed by atoms with E-state index in [0.29, 0.717) is 23.2 Å². The largest absolute Gasteiger partial charge is 0.494 e. The minimum atomic E-state index is -0.676. The fraction of sp³-hybridized carbons (Fsp3) is 0.263. The number of hydrogen-bond donors (Lipinski definition) is 0. The highest BCUT2D eigenvalue weighted by atomic mass is 32.2. The predicted molar refractivity (Wildman–Crippen MR) is 111 cm³/mol. The van der Waals surface area contributed by atoms with E-state index in [2.05, 4.69) is 10.2 Å². The molecular formula is C19H19N5O5S. The van der Waals surface area contributed by atoms with Crippen LogP contribution in [0.1, 0.15) is 23.6 Å². The molecule has 11 heteroatoms. The highest BCUT2D eigenvalue weighted by molar-refractivity contribution is 7.99. The van der Waals surface area contributed by atoms with Crippen molar-refractivity contribution in [2.24, 2.45) is 0 Å². The summed E-state index contributed by atoms with van der Waals surface area (Å²) in [7, 11) is 0. The summed E-state index contributed by atoms with van der Waals surface area (Å²) < 4.78 is 7.24. The molecule has 10 nitrogen and oxygen atoms in total. The van der Waals surface area contributed by atoms with Crippen LogP contribution < -0.4 is 4.74 Å². The van der Waals surface area contributed by atoms with E-state index in [1.54, 1.807) is 17.6 Å². The van der Waals surface area contributed by atoms with Gasteiger partial charge in [0.25, 0.3) is 5.69 Å². The second kappa shape index (κ2) is 9.35. The summed E-state index contributed by atoms with van der Waals surface area (Å²) >= 11 is 1.14. The van der Waals surface area contributed by atoms with Crippen LogP contribution in [-0.4, -0.2) is 37.8 Å². The van der Waals surface area contributed by atoms with Crippen LogP contribution in [0.5, 0.6) is 5.75 Å². The number of nitro benzene ring substituents is 1. The normalized spacial score (nSPS) is 11.8. The van der Waals surface area contributed by atoms with Crippen molar-refractivity contribution in [3.05, 3.63) is 80.1 Å². The highest BCUT2D eigenvalue weighted by Crippen LogP contribution is 2.37. The molecule has 0 spiro atoms. The lowest BCUT2D eigenvalue weighted by atomic mass is 10.1. The van der Waals surface area contributed by atoms with Crippen LogP contribution >= 0.6 is 11.8 Å². The highest BCUT2D eigenvalue weighted by Gasteiger charge is 2.25. The molecule has 0 saturated carbocycles. The first-order chi connectivity index (χ1) is 14.4. The molecule has 0 radical (unpaired) electrons. The number of aromatic nitrogens is 3. The third kappa shape index (κ3) is 4.92. The maximum absolute atomic E-state index is 11.3. The monoisotopic (exact) mass is 429 g/mol. The standard InChI is InChI=1S/C19H19N5O5S/c1-3-29-17-9-7-15(8-10-17)23-13(2)20-21-19(23)30-18(12-22(25)26)14-5-4-6-16(11-14)24(27)28/h4-11,18H,3,12H2,1-2H3/t18-/m0/s1. The van der Waals surface area contributed by atoms with Crippen LogP contribution in [0.3, 0.4) is 0 Å². The molecule has 1 heterocycles. The van der Waals surface area contributed by atoms with Crippen LogP contribution in [0, 0.1) is 27.2 Å². The van der Waals surface area contributed by atoms with Crippen molar-refractivity contribution < 1.29 is 14.6 Å². The van der Waals surface area contributed by atoms with Crippen molar-refractivity contribution >= 4 is 17.4 Å². The molecule has 0 unspecified atom stereocenters. The number of aryl methyl sites for hydroxylation is 1. The van der Waals surface area contributed by atoms with E-state index < -0.39 is 21.6 Å². The van der Waals surface area contributed by atoms with Crippen molar-refractivity contribution in [2.75, 3.05) is 13.2 Å². The number of non-ortho nitro benzene ring substituents is 1. The number of nitrogens with zero attached hydrogens (tertiary/aromatic N) is 5. The SMILES string of the molecule is CCOc1ccc(-n2c(C)nnc2S[C@@H](C[N+](=O)[O-])c2cccc([N+](=O)[O-])c2)cc1. The number of ether oxygens (including phenoxy) is 1. The minimum absolute atomic E-state index is 0.120. The second-order valence-electron chi connectivity index (χ2n) is 6.27. The Morgan fingerprint density at radius 3 is 2.50 bits per heavy atom. The molecule has 3 aromatic rings. The Morgan fingerprint density at radius 2 is 1.87 bits per heavy atom. The van der Waals surface area contributed by atoms with E-state index in [4.69, 9.17) is 4.74 Å². The van der Waals surface area contributed by atoms with Gasteiger partial charge in [0, 0.05) is 22.7 Å². The average molecular weight is 429 g/mol. The molecule has 3 rings (SSSR count). The maximum atomic E-state index is 11.3. The summed E-state index contributed by atoms with van der Waals surface area (Å²) in [4.78, 5) is 21.4. The zero-order valence-corrected chi connectivity index (χ0v) is 17.1. The van der Waals surface area contributed by atoms with E-state index in [1.165, 1.54) is 18.2 Å². The van der Waals surface area contributed by atoms with Gasteiger partial charge in [0.05, 0.1) is 11.5 Å². The zero-order chi connectivity index (χ0) is 21.7. The van der Waals surface area contributed by atoms with E-state index in [0.717, 1.165) is 23.2 Å². The first-order valence-electron chi connectivity index (χ1n) is 9.07. The average Bonchev–Trinajstić information content (AvgIpc) is 3.08. The molecule has 0 saturated heterocycles. The first kappa shape index (κ1) is 21.2. The molecule has 1 atom stereocenters. The topological polar surface area (TPSA) is 126 Å². The van der Waals surface area contributed by atoms with Gasteiger partial charge in [0.2, 0.25) is 6.54 Å². The van der Waals surface area contributed by atoms with E-state index in [9.17, 15) is 20.2 Å². The Kier molecular flexibility index (Phi) is 6.62. The van der Waals surface area contributed by atoms with Crippen LogP contribution in [-0.2, 0) is 0 Å². The van der Waals surface area contributed by atoms with Gasteiger partial charge in [-0.05, 0) is 43.7 Å². The third-order valence-corrected chi connectivity index (χ3v) is 5.40. The maximum Gasteiger partial charge on any atom is 0.269 e. The molecule has 1 aromatic heterocycles. The van der Waals surface area contributed by atoms with Crippen molar-refractivity contribution in [1.82, 2.24) is 14.8 Å². The fourth-order valence-corrected chi connectivity index (χ4v) is 4.05. The van der Waals surface area contributed by atoms with Crippen LogP contribution in [0.25, 0.3) is 5.69 Å². The molecule has 0 aliphatic heterocycles. The molecule has 0 fully saturated rings. The van der Waals surface area contributed by atoms with E-state index in [-0.39, 0.29) is 5.69 Å². The number of thioether (sulfide) groups is 1. The lowest BCUT2D eigenvalue weighted by Crippen LogP contribution is -2.11. The van der Waals surface area contributed by atoms with Crippen LogP contribution in [0.15, 0.2) is 53.7 Å². The lowest BCUT2D eigenvalue weighted by molar-refractivity contribution is -0.479. The van der Waals surface area contributed by atoms with E-state index >= 15 is 0 Å². The summed E-state index contributed by atoms with van der Waals surface area (Å²) in [5.41, 5.74) is 1.14. The lowest BCUT2D eigenvalue weighted by Gasteiger charge is -2.14. The Morgan fingerprint density at radius 1 is 1.13 bits per heavy atom. The summed E-state index contributed by atoms with van der Waals surface area (Å²) in [5.74, 6) is 1.34. The quantitative estimate of drug-likeness (QED) is 0.284. The van der Waals surface area contributed by atoms with Gasteiger partial charge in [-0.1, -0.05) is 23.9 Å². The van der Waals surface area contributed by atoms with Gasteiger partial charge >= 0.3 is 0 Å². The molecule has 0 aliphatic carbocycles. The van der Waals surface area contributed by atoms with Gasteiger partial charge in [-0.2, -0.15) is 0 Å². The Balaban J connectivity index is 1.95. The second-order valence-corrected chi connectivity index (χ2v) is 7.44. The first-order valence-corrected chi connectivity index (χ1v) is 9.95. The molecular weight excluding hydrogens is 410 g/mol. The summed E-state index contributed by atoms with van der Waals surface area (Å²) in [5, 5.41) is 30.4. The van der Waals surface area contributed by atoms with Crippen molar-refractivity contribution in [3.8, 4) is 11.4 Å². The molecule has 2 aromatic carbocycles. The zero-order valence-electron chi connectivity index (χ0n) is 16.3. The molecule has 0 N–H and O–H groups in total. The minimum Gasteiger partial charge on any atom is -0.494 e.